The molecule has 19 heavy (non-hydrogen) atoms. The van der Waals surface area contributed by atoms with Crippen LogP contribution in [0.2, 0.25) is 0 Å². The van der Waals surface area contributed by atoms with Crippen LogP contribution in [0.3, 0.4) is 0 Å². The number of halogens is 3. The first-order chi connectivity index (χ1) is 8.84. The van der Waals surface area contributed by atoms with Crippen LogP contribution in [0, 0.1) is 0 Å². The van der Waals surface area contributed by atoms with Crippen LogP contribution in [-0.2, 0) is 22.3 Å². The fourth-order valence-corrected chi connectivity index (χ4v) is 1.87. The lowest BCUT2D eigenvalue weighted by Crippen LogP contribution is -2.50. The average molecular weight is 272 g/mol. The Balaban J connectivity index is 2.03. The molecule has 102 valence electrons. The van der Waals surface area contributed by atoms with E-state index in [-0.39, 0.29) is 19.6 Å². The highest BCUT2D eigenvalue weighted by atomic mass is 19.4. The summed E-state index contributed by atoms with van der Waals surface area (Å²) in [5.41, 5.74) is -0.0980. The van der Waals surface area contributed by atoms with Gasteiger partial charge in [-0.15, -0.1) is 0 Å². The summed E-state index contributed by atoms with van der Waals surface area (Å²) >= 11 is 0. The lowest BCUT2D eigenvalue weighted by atomic mass is 10.1. The van der Waals surface area contributed by atoms with Crippen LogP contribution >= 0.6 is 0 Å². The quantitative estimate of drug-likeness (QED) is 0.822. The molecule has 4 nitrogen and oxygen atoms in total. The minimum atomic E-state index is -4.36. The van der Waals surface area contributed by atoms with Gasteiger partial charge in [0.25, 0.3) is 0 Å². The predicted molar refractivity (Wildman–Crippen MR) is 59.9 cm³/mol. The number of amides is 2. The van der Waals surface area contributed by atoms with Crippen LogP contribution in [0.5, 0.6) is 0 Å². The van der Waals surface area contributed by atoms with E-state index in [1.54, 1.807) is 4.90 Å². The van der Waals surface area contributed by atoms with Gasteiger partial charge in [-0.1, -0.05) is 12.1 Å². The molecule has 1 aromatic carbocycles. The highest BCUT2D eigenvalue weighted by Gasteiger charge is 2.30. The number of carbonyl (C=O) groups excluding carboxylic acids is 2. The van der Waals surface area contributed by atoms with Gasteiger partial charge in [-0.05, 0) is 17.7 Å². The molecule has 0 saturated carbocycles. The van der Waals surface area contributed by atoms with Gasteiger partial charge < -0.3 is 0 Å². The first kappa shape index (κ1) is 13.5. The van der Waals surface area contributed by atoms with Gasteiger partial charge in [0, 0.05) is 6.54 Å². The molecule has 0 atom stereocenters. The lowest BCUT2D eigenvalue weighted by Gasteiger charge is -2.25. The number of hydrogen-bond donors (Lipinski definition) is 1. The molecule has 0 unspecified atom stereocenters. The fourth-order valence-electron chi connectivity index (χ4n) is 1.87. The summed E-state index contributed by atoms with van der Waals surface area (Å²) in [5, 5.41) is 2.16. The summed E-state index contributed by atoms with van der Waals surface area (Å²) < 4.78 is 37.1. The maximum absolute atomic E-state index is 12.4. The summed E-state index contributed by atoms with van der Waals surface area (Å²) in [6.07, 6.45) is -4.36. The third-order valence-electron chi connectivity index (χ3n) is 2.70. The molecule has 0 bridgehead atoms. The maximum Gasteiger partial charge on any atom is 0.416 e. The molecule has 7 heteroatoms. The zero-order valence-electron chi connectivity index (χ0n) is 9.83. The van der Waals surface area contributed by atoms with Crippen molar-refractivity contribution in [2.45, 2.75) is 12.7 Å². The van der Waals surface area contributed by atoms with Crippen molar-refractivity contribution < 1.29 is 22.8 Å². The fraction of sp³-hybridized carbons (Fsp3) is 0.333. The van der Waals surface area contributed by atoms with E-state index >= 15 is 0 Å². The van der Waals surface area contributed by atoms with Gasteiger partial charge >= 0.3 is 6.18 Å². The van der Waals surface area contributed by atoms with E-state index in [1.807, 2.05) is 0 Å². The van der Waals surface area contributed by atoms with Crippen LogP contribution in [0.15, 0.2) is 24.3 Å². The second-order valence-electron chi connectivity index (χ2n) is 4.31. The zero-order chi connectivity index (χ0) is 14.0. The Kier molecular flexibility index (Phi) is 3.57. The summed E-state index contributed by atoms with van der Waals surface area (Å²) in [6.45, 7) is 0.386. The van der Waals surface area contributed by atoms with Crippen molar-refractivity contribution in [1.82, 2.24) is 10.2 Å². The minimum absolute atomic E-state index is 0.0623. The molecule has 1 aliphatic rings. The molecule has 0 spiro atoms. The van der Waals surface area contributed by atoms with Crippen molar-refractivity contribution in [2.24, 2.45) is 0 Å². The van der Waals surface area contributed by atoms with E-state index in [9.17, 15) is 22.8 Å². The number of alkyl halides is 3. The van der Waals surface area contributed by atoms with Crippen LogP contribution in [-0.4, -0.2) is 29.8 Å². The third-order valence-corrected chi connectivity index (χ3v) is 2.70. The molecule has 1 saturated heterocycles. The molecular weight excluding hydrogens is 261 g/mol. The molecule has 0 radical (unpaired) electrons. The third kappa shape index (κ3) is 3.54. The van der Waals surface area contributed by atoms with Gasteiger partial charge in [0.15, 0.2) is 0 Å². The zero-order valence-corrected chi connectivity index (χ0v) is 9.83. The smallest absolute Gasteiger partial charge is 0.294 e. The second-order valence-corrected chi connectivity index (χ2v) is 4.31. The highest BCUT2D eigenvalue weighted by molar-refractivity contribution is 5.99. The normalized spacial score (nSPS) is 17.4. The lowest BCUT2D eigenvalue weighted by molar-refractivity contribution is -0.138. The van der Waals surface area contributed by atoms with Crippen molar-refractivity contribution in [3.05, 3.63) is 35.4 Å². The Morgan fingerprint density at radius 1 is 1.05 bits per heavy atom. The number of carbonyl (C=O) groups is 2. The van der Waals surface area contributed by atoms with E-state index in [2.05, 4.69) is 5.32 Å². The van der Waals surface area contributed by atoms with Gasteiger partial charge in [-0.2, -0.15) is 13.2 Å². The van der Waals surface area contributed by atoms with Gasteiger partial charge in [0.05, 0.1) is 18.7 Å². The molecule has 1 aliphatic heterocycles. The van der Waals surface area contributed by atoms with Crippen LogP contribution in [0.4, 0.5) is 13.2 Å². The van der Waals surface area contributed by atoms with Crippen molar-refractivity contribution >= 4 is 11.8 Å². The Morgan fingerprint density at radius 3 is 2.05 bits per heavy atom. The summed E-state index contributed by atoms with van der Waals surface area (Å²) in [5.74, 6) is -0.800. The number of benzene rings is 1. The Morgan fingerprint density at radius 2 is 1.58 bits per heavy atom. The molecule has 1 heterocycles. The standard InChI is InChI=1S/C12H11F3N2O2/c13-12(14,15)9-3-1-8(2-4-9)5-17-6-10(18)16-11(19)7-17/h1-4H,5-7H2,(H,16,18,19). The maximum atomic E-state index is 12.4. The molecule has 1 fully saturated rings. The van der Waals surface area contributed by atoms with Crippen molar-refractivity contribution in [3.8, 4) is 0 Å². The van der Waals surface area contributed by atoms with Crippen LogP contribution < -0.4 is 5.32 Å². The number of hydrogen-bond acceptors (Lipinski definition) is 3. The van der Waals surface area contributed by atoms with E-state index < -0.39 is 23.6 Å². The predicted octanol–water partition coefficient (Wildman–Crippen LogP) is 1.16. The van der Waals surface area contributed by atoms with E-state index in [0.29, 0.717) is 5.56 Å². The first-order valence-electron chi connectivity index (χ1n) is 5.56. The number of nitrogens with zero attached hydrogens (tertiary/aromatic N) is 1. The highest BCUT2D eigenvalue weighted by Crippen LogP contribution is 2.29. The van der Waals surface area contributed by atoms with Crippen molar-refractivity contribution in [2.75, 3.05) is 13.1 Å². The average Bonchev–Trinajstić information content (AvgIpc) is 2.26. The molecule has 1 N–H and O–H groups in total. The van der Waals surface area contributed by atoms with Gasteiger partial charge in [-0.3, -0.25) is 19.8 Å². The Hall–Kier alpha value is -1.89. The number of piperazine rings is 1. The second kappa shape index (κ2) is 5.00. The van der Waals surface area contributed by atoms with E-state index in [4.69, 9.17) is 0 Å². The number of rotatable bonds is 2. The molecule has 0 aliphatic carbocycles. The number of imide groups is 1. The topological polar surface area (TPSA) is 49.4 Å². The Labute approximate surface area is 107 Å². The summed E-state index contributed by atoms with van der Waals surface area (Å²) in [4.78, 5) is 23.8. The Bertz CT molecular complexity index is 481. The van der Waals surface area contributed by atoms with Crippen LogP contribution in [0.25, 0.3) is 0 Å². The van der Waals surface area contributed by atoms with Gasteiger partial charge in [0.2, 0.25) is 11.8 Å². The number of nitrogens with one attached hydrogen (secondary N) is 1. The summed E-state index contributed by atoms with van der Waals surface area (Å²) in [7, 11) is 0. The molecule has 2 rings (SSSR count). The molecule has 1 aromatic rings. The van der Waals surface area contributed by atoms with Crippen molar-refractivity contribution in [3.63, 3.8) is 0 Å². The summed E-state index contributed by atoms with van der Waals surface area (Å²) in [6, 6.07) is 4.67. The largest absolute Gasteiger partial charge is 0.416 e. The van der Waals surface area contributed by atoms with Gasteiger partial charge in [0.1, 0.15) is 0 Å². The van der Waals surface area contributed by atoms with Crippen LogP contribution in [0.1, 0.15) is 11.1 Å². The SMILES string of the molecule is O=C1CN(Cc2ccc(C(F)(F)F)cc2)CC(=O)N1. The minimum Gasteiger partial charge on any atom is -0.294 e. The van der Waals surface area contributed by atoms with Gasteiger partial charge in [-0.25, -0.2) is 0 Å². The molecular formula is C12H11F3N2O2. The molecule has 2 amide bonds. The monoisotopic (exact) mass is 272 g/mol. The molecule has 0 aromatic heterocycles. The first-order valence-corrected chi connectivity index (χ1v) is 5.56. The van der Waals surface area contributed by atoms with Crippen molar-refractivity contribution in [1.29, 1.82) is 0 Å². The van der Waals surface area contributed by atoms with E-state index in [0.717, 1.165) is 12.1 Å². The van der Waals surface area contributed by atoms with E-state index in [1.165, 1.54) is 12.1 Å².